The molecule has 7 nitrogen and oxygen atoms in total. The van der Waals surface area contributed by atoms with E-state index in [2.05, 4.69) is 14.9 Å². The van der Waals surface area contributed by atoms with Crippen LogP contribution in [0.2, 0.25) is 0 Å². The molecular formula is C15H19N3O4S. The van der Waals surface area contributed by atoms with E-state index in [0.717, 1.165) is 11.1 Å². The van der Waals surface area contributed by atoms with Gasteiger partial charge in [0.1, 0.15) is 18.1 Å². The highest BCUT2D eigenvalue weighted by atomic mass is 32.2. The van der Waals surface area contributed by atoms with Gasteiger partial charge in [-0.05, 0) is 44.0 Å². The highest BCUT2D eigenvalue weighted by Gasteiger charge is 2.22. The quantitative estimate of drug-likeness (QED) is 0.883. The first-order chi connectivity index (χ1) is 10.9. The van der Waals surface area contributed by atoms with E-state index in [1.54, 1.807) is 13.8 Å². The Labute approximate surface area is 135 Å². The van der Waals surface area contributed by atoms with Gasteiger partial charge in [-0.3, -0.25) is 5.10 Å². The van der Waals surface area contributed by atoms with Gasteiger partial charge in [0, 0.05) is 6.54 Å². The zero-order valence-electron chi connectivity index (χ0n) is 13.3. The number of fused-ring (bicyclic) bond motifs is 1. The number of aryl methyl sites for hydroxylation is 3. The van der Waals surface area contributed by atoms with Crippen LogP contribution in [0.3, 0.4) is 0 Å². The predicted molar refractivity (Wildman–Crippen MR) is 84.3 cm³/mol. The summed E-state index contributed by atoms with van der Waals surface area (Å²) >= 11 is 0. The Morgan fingerprint density at radius 1 is 1.17 bits per heavy atom. The van der Waals surface area contributed by atoms with Gasteiger partial charge in [0.05, 0.1) is 11.4 Å². The van der Waals surface area contributed by atoms with Gasteiger partial charge in [0.25, 0.3) is 0 Å². The number of aromatic amines is 1. The lowest BCUT2D eigenvalue weighted by molar-refractivity contribution is 0.171. The van der Waals surface area contributed by atoms with E-state index in [0.29, 0.717) is 36.1 Å². The number of H-pyrrole nitrogens is 1. The van der Waals surface area contributed by atoms with E-state index in [-0.39, 0.29) is 11.4 Å². The predicted octanol–water partition coefficient (Wildman–Crippen LogP) is 1.58. The maximum atomic E-state index is 12.5. The second-order valence-corrected chi connectivity index (χ2v) is 7.21. The third kappa shape index (κ3) is 3.04. The van der Waals surface area contributed by atoms with Crippen molar-refractivity contribution < 1.29 is 17.9 Å². The van der Waals surface area contributed by atoms with Gasteiger partial charge in [0.2, 0.25) is 10.0 Å². The minimum Gasteiger partial charge on any atom is -0.486 e. The van der Waals surface area contributed by atoms with Crippen LogP contribution < -0.4 is 14.2 Å². The van der Waals surface area contributed by atoms with Crippen molar-refractivity contribution >= 4 is 10.0 Å². The van der Waals surface area contributed by atoms with E-state index in [1.807, 2.05) is 19.1 Å². The van der Waals surface area contributed by atoms with E-state index < -0.39 is 10.0 Å². The number of benzene rings is 1. The van der Waals surface area contributed by atoms with Crippen molar-refractivity contribution in [2.45, 2.75) is 32.2 Å². The molecule has 0 radical (unpaired) electrons. The molecule has 2 N–H and O–H groups in total. The van der Waals surface area contributed by atoms with Crippen LogP contribution in [-0.2, 0) is 16.6 Å². The minimum absolute atomic E-state index is 0.175. The van der Waals surface area contributed by atoms with Gasteiger partial charge in [-0.1, -0.05) is 0 Å². The van der Waals surface area contributed by atoms with Crippen molar-refractivity contribution in [1.29, 1.82) is 0 Å². The van der Waals surface area contributed by atoms with E-state index in [9.17, 15) is 8.42 Å². The molecular weight excluding hydrogens is 318 g/mol. The molecule has 0 fully saturated rings. The molecule has 2 heterocycles. The normalized spacial score (nSPS) is 14.0. The van der Waals surface area contributed by atoms with Crippen LogP contribution in [0, 0.1) is 20.8 Å². The molecule has 1 aliphatic heterocycles. The molecule has 124 valence electrons. The van der Waals surface area contributed by atoms with Gasteiger partial charge in [-0.2, -0.15) is 5.10 Å². The largest absolute Gasteiger partial charge is 0.486 e. The molecule has 0 saturated heterocycles. The maximum Gasteiger partial charge on any atom is 0.244 e. The van der Waals surface area contributed by atoms with E-state index >= 15 is 0 Å². The highest BCUT2D eigenvalue weighted by molar-refractivity contribution is 7.89. The third-order valence-corrected chi connectivity index (χ3v) is 5.45. The highest BCUT2D eigenvalue weighted by Crippen LogP contribution is 2.33. The zero-order chi connectivity index (χ0) is 16.6. The maximum absolute atomic E-state index is 12.5. The van der Waals surface area contributed by atoms with Crippen LogP contribution in [0.25, 0.3) is 0 Å². The topological polar surface area (TPSA) is 93.3 Å². The summed E-state index contributed by atoms with van der Waals surface area (Å²) in [5.41, 5.74) is 2.76. The number of hydrogen-bond donors (Lipinski definition) is 2. The Balaban J connectivity index is 1.83. The van der Waals surface area contributed by atoms with Crippen LogP contribution in [0.4, 0.5) is 0 Å². The van der Waals surface area contributed by atoms with Crippen LogP contribution in [-0.4, -0.2) is 31.8 Å². The summed E-state index contributed by atoms with van der Waals surface area (Å²) in [6.07, 6.45) is 0. The second kappa shape index (κ2) is 5.86. The van der Waals surface area contributed by atoms with Crippen LogP contribution in [0.15, 0.2) is 17.0 Å². The number of rotatable bonds is 4. The Morgan fingerprint density at radius 3 is 2.43 bits per heavy atom. The molecule has 0 amide bonds. The average molecular weight is 337 g/mol. The molecule has 0 unspecified atom stereocenters. The van der Waals surface area contributed by atoms with Gasteiger partial charge in [0.15, 0.2) is 11.5 Å². The first-order valence-electron chi connectivity index (χ1n) is 7.29. The average Bonchev–Trinajstić information content (AvgIpc) is 2.85. The summed E-state index contributed by atoms with van der Waals surface area (Å²) in [6.45, 7) is 6.45. The Kier molecular flexibility index (Phi) is 4.03. The molecule has 0 aliphatic carbocycles. The number of aromatic nitrogens is 2. The van der Waals surface area contributed by atoms with Crippen LogP contribution >= 0.6 is 0 Å². The lowest BCUT2D eigenvalue weighted by Crippen LogP contribution is -2.25. The minimum atomic E-state index is -3.63. The SMILES string of the molecule is Cc1cc2c(cc1CNS(=O)(=O)c1c(C)n[nH]c1C)OCCO2. The first kappa shape index (κ1) is 15.8. The number of ether oxygens (including phenoxy) is 2. The van der Waals surface area contributed by atoms with Crippen molar-refractivity contribution in [1.82, 2.24) is 14.9 Å². The molecule has 0 bridgehead atoms. The Hall–Kier alpha value is -2.06. The number of nitrogens with zero attached hydrogens (tertiary/aromatic N) is 1. The van der Waals surface area contributed by atoms with Gasteiger partial charge in [-0.25, -0.2) is 13.1 Å². The Bertz CT molecular complexity index is 823. The van der Waals surface area contributed by atoms with Crippen LogP contribution in [0.1, 0.15) is 22.5 Å². The fourth-order valence-electron chi connectivity index (χ4n) is 2.60. The van der Waals surface area contributed by atoms with Crippen molar-refractivity contribution in [2.75, 3.05) is 13.2 Å². The molecule has 0 spiro atoms. The number of sulfonamides is 1. The smallest absolute Gasteiger partial charge is 0.244 e. The molecule has 0 saturated carbocycles. The fraction of sp³-hybridized carbons (Fsp3) is 0.400. The number of nitrogens with one attached hydrogen (secondary N) is 2. The van der Waals surface area contributed by atoms with E-state index in [1.165, 1.54) is 0 Å². The standard InChI is InChI=1S/C15H19N3O4S/c1-9-6-13-14(22-5-4-21-13)7-12(9)8-16-23(19,20)15-10(2)17-18-11(15)3/h6-7,16H,4-5,8H2,1-3H3,(H,17,18). The molecule has 1 aliphatic rings. The molecule has 3 rings (SSSR count). The lowest BCUT2D eigenvalue weighted by atomic mass is 10.1. The summed E-state index contributed by atoms with van der Waals surface area (Å²) in [5.74, 6) is 1.34. The van der Waals surface area contributed by atoms with E-state index in [4.69, 9.17) is 9.47 Å². The van der Waals surface area contributed by atoms with Gasteiger partial charge >= 0.3 is 0 Å². The van der Waals surface area contributed by atoms with Crippen LogP contribution in [0.5, 0.6) is 11.5 Å². The van der Waals surface area contributed by atoms with Gasteiger partial charge < -0.3 is 9.47 Å². The van der Waals surface area contributed by atoms with Crippen molar-refractivity contribution in [3.8, 4) is 11.5 Å². The second-order valence-electron chi connectivity index (χ2n) is 5.51. The van der Waals surface area contributed by atoms with Crippen molar-refractivity contribution in [3.05, 3.63) is 34.6 Å². The molecule has 23 heavy (non-hydrogen) atoms. The lowest BCUT2D eigenvalue weighted by Gasteiger charge is -2.20. The monoisotopic (exact) mass is 337 g/mol. The first-order valence-corrected chi connectivity index (χ1v) is 8.77. The third-order valence-electron chi connectivity index (χ3n) is 3.78. The van der Waals surface area contributed by atoms with Crippen molar-refractivity contribution in [2.24, 2.45) is 0 Å². The Morgan fingerprint density at radius 2 is 1.83 bits per heavy atom. The summed E-state index contributed by atoms with van der Waals surface area (Å²) in [7, 11) is -3.63. The number of hydrogen-bond acceptors (Lipinski definition) is 5. The molecule has 0 atom stereocenters. The molecule has 2 aromatic rings. The molecule has 1 aromatic heterocycles. The summed E-state index contributed by atoms with van der Waals surface area (Å²) in [6, 6.07) is 3.69. The summed E-state index contributed by atoms with van der Waals surface area (Å²) < 4.78 is 38.6. The zero-order valence-corrected chi connectivity index (χ0v) is 14.1. The molecule has 8 heteroatoms. The summed E-state index contributed by atoms with van der Waals surface area (Å²) in [4.78, 5) is 0.202. The van der Waals surface area contributed by atoms with Gasteiger partial charge in [-0.15, -0.1) is 0 Å². The fourth-order valence-corrected chi connectivity index (χ4v) is 3.98. The molecule has 1 aromatic carbocycles. The van der Waals surface area contributed by atoms with Crippen molar-refractivity contribution in [3.63, 3.8) is 0 Å². The summed E-state index contributed by atoms with van der Waals surface area (Å²) in [5, 5.41) is 6.62.